The number of amides is 1. The average molecular weight is 272 g/mol. The monoisotopic (exact) mass is 271 g/mol. The maximum Gasteiger partial charge on any atom is 0.254 e. The zero-order valence-corrected chi connectivity index (χ0v) is 10.4. The summed E-state index contributed by atoms with van der Waals surface area (Å²) in [6, 6.07) is 2.96. The first-order valence-corrected chi connectivity index (χ1v) is 5.92. The van der Waals surface area contributed by atoms with Gasteiger partial charge in [-0.05, 0) is 12.1 Å². The molecule has 1 atom stereocenters. The van der Waals surface area contributed by atoms with Gasteiger partial charge in [-0.25, -0.2) is 4.98 Å². The number of rotatable bonds is 2. The molecule has 0 bridgehead atoms. The highest BCUT2D eigenvalue weighted by Gasteiger charge is 2.24. The van der Waals surface area contributed by atoms with E-state index in [2.05, 4.69) is 4.98 Å². The van der Waals surface area contributed by atoms with Crippen LogP contribution in [0, 0.1) is 0 Å². The minimum absolute atomic E-state index is 0.108. The van der Waals surface area contributed by atoms with E-state index in [9.17, 15) is 4.79 Å². The van der Waals surface area contributed by atoms with E-state index in [0.717, 1.165) is 0 Å². The lowest BCUT2D eigenvalue weighted by Gasteiger charge is -2.32. The van der Waals surface area contributed by atoms with Gasteiger partial charge >= 0.3 is 0 Å². The average Bonchev–Trinajstić information content (AvgIpc) is 2.37. The van der Waals surface area contributed by atoms with Crippen molar-refractivity contribution in [3.05, 3.63) is 22.8 Å². The van der Waals surface area contributed by atoms with Crippen LogP contribution < -0.4 is 5.73 Å². The second kappa shape index (κ2) is 5.51. The number of ether oxygens (including phenoxy) is 1. The van der Waals surface area contributed by atoms with Crippen molar-refractivity contribution in [3.63, 3.8) is 0 Å². The van der Waals surface area contributed by atoms with Gasteiger partial charge in [-0.2, -0.15) is 0 Å². The topological polar surface area (TPSA) is 88.7 Å². The number of aliphatic hydroxyl groups excluding tert-OH is 1. The van der Waals surface area contributed by atoms with E-state index in [0.29, 0.717) is 25.3 Å². The van der Waals surface area contributed by atoms with Crippen LogP contribution in [0.15, 0.2) is 12.1 Å². The van der Waals surface area contributed by atoms with Crippen LogP contribution in [0.2, 0.25) is 5.15 Å². The molecule has 3 N–H and O–H groups in total. The van der Waals surface area contributed by atoms with Gasteiger partial charge in [0.1, 0.15) is 11.0 Å². The first-order chi connectivity index (χ1) is 8.60. The van der Waals surface area contributed by atoms with E-state index < -0.39 is 0 Å². The molecule has 1 aromatic heterocycles. The van der Waals surface area contributed by atoms with E-state index in [1.807, 2.05) is 0 Å². The lowest BCUT2D eigenvalue weighted by Crippen LogP contribution is -2.46. The van der Waals surface area contributed by atoms with Crippen molar-refractivity contribution < 1.29 is 14.6 Å². The highest BCUT2D eigenvalue weighted by molar-refractivity contribution is 6.29. The number of nitrogen functional groups attached to an aromatic ring is 1. The zero-order valence-electron chi connectivity index (χ0n) is 9.67. The van der Waals surface area contributed by atoms with Gasteiger partial charge in [-0.3, -0.25) is 4.79 Å². The Labute approximate surface area is 109 Å². The van der Waals surface area contributed by atoms with Crippen molar-refractivity contribution in [1.29, 1.82) is 0 Å². The van der Waals surface area contributed by atoms with Crippen LogP contribution in [-0.2, 0) is 4.74 Å². The third-order valence-electron chi connectivity index (χ3n) is 2.69. The number of morpholine rings is 1. The third-order valence-corrected chi connectivity index (χ3v) is 2.88. The van der Waals surface area contributed by atoms with E-state index >= 15 is 0 Å². The van der Waals surface area contributed by atoms with Gasteiger partial charge in [-0.1, -0.05) is 11.6 Å². The normalized spacial score (nSPS) is 19.9. The van der Waals surface area contributed by atoms with Crippen molar-refractivity contribution >= 4 is 23.3 Å². The van der Waals surface area contributed by atoms with Gasteiger partial charge in [0.2, 0.25) is 0 Å². The summed E-state index contributed by atoms with van der Waals surface area (Å²) < 4.78 is 5.28. The number of nitrogens with two attached hydrogens (primary N) is 1. The molecular weight excluding hydrogens is 258 g/mol. The third kappa shape index (κ3) is 2.90. The molecule has 0 aliphatic carbocycles. The van der Waals surface area contributed by atoms with Crippen molar-refractivity contribution in [3.8, 4) is 0 Å². The van der Waals surface area contributed by atoms with Crippen LogP contribution in [0.4, 0.5) is 5.82 Å². The van der Waals surface area contributed by atoms with Crippen LogP contribution in [0.1, 0.15) is 10.4 Å². The molecule has 1 aliphatic heterocycles. The van der Waals surface area contributed by atoms with Crippen molar-refractivity contribution in [2.24, 2.45) is 0 Å². The molecule has 1 amide bonds. The molecule has 0 spiro atoms. The fourth-order valence-corrected chi connectivity index (χ4v) is 2.05. The van der Waals surface area contributed by atoms with Gasteiger partial charge in [0.05, 0.1) is 19.3 Å². The highest BCUT2D eigenvalue weighted by atomic mass is 35.5. The maximum absolute atomic E-state index is 12.2. The zero-order chi connectivity index (χ0) is 13.1. The van der Waals surface area contributed by atoms with Crippen molar-refractivity contribution in [2.75, 3.05) is 32.0 Å². The van der Waals surface area contributed by atoms with Crippen LogP contribution in [-0.4, -0.2) is 53.3 Å². The molecule has 1 saturated heterocycles. The predicted octanol–water partition coefficient (Wildman–Crippen LogP) is 0.150. The van der Waals surface area contributed by atoms with E-state index in [-0.39, 0.29) is 29.6 Å². The van der Waals surface area contributed by atoms with Gasteiger partial charge in [-0.15, -0.1) is 0 Å². The Morgan fingerprint density at radius 2 is 2.44 bits per heavy atom. The summed E-state index contributed by atoms with van der Waals surface area (Å²) in [7, 11) is 0. The Kier molecular flexibility index (Phi) is 4.00. The SMILES string of the molecule is Nc1cc(C(=O)N2CCOC(CO)C2)cc(Cl)n1. The van der Waals surface area contributed by atoms with Crippen LogP contribution in [0.3, 0.4) is 0 Å². The number of carbonyl (C=O) groups is 1. The number of halogens is 1. The fraction of sp³-hybridized carbons (Fsp3) is 0.455. The highest BCUT2D eigenvalue weighted by Crippen LogP contribution is 2.16. The summed E-state index contributed by atoms with van der Waals surface area (Å²) in [6.07, 6.45) is -0.336. The molecule has 98 valence electrons. The molecule has 0 saturated carbocycles. The van der Waals surface area contributed by atoms with Gasteiger partial charge < -0.3 is 20.5 Å². The first-order valence-electron chi connectivity index (χ1n) is 5.55. The summed E-state index contributed by atoms with van der Waals surface area (Å²) >= 11 is 5.76. The maximum atomic E-state index is 12.2. The molecule has 1 unspecified atom stereocenters. The Balaban J connectivity index is 2.15. The number of nitrogens with zero attached hydrogens (tertiary/aromatic N) is 2. The Morgan fingerprint density at radius 1 is 1.67 bits per heavy atom. The molecular formula is C11H14ClN3O3. The van der Waals surface area contributed by atoms with E-state index in [4.69, 9.17) is 27.2 Å². The van der Waals surface area contributed by atoms with Crippen LogP contribution in [0.25, 0.3) is 0 Å². The lowest BCUT2D eigenvalue weighted by atomic mass is 10.2. The smallest absolute Gasteiger partial charge is 0.254 e. The molecule has 1 aliphatic rings. The molecule has 6 nitrogen and oxygen atoms in total. The molecule has 2 rings (SSSR count). The lowest BCUT2D eigenvalue weighted by molar-refractivity contribution is -0.0447. The second-order valence-electron chi connectivity index (χ2n) is 4.03. The summed E-state index contributed by atoms with van der Waals surface area (Å²) in [5, 5.41) is 9.22. The number of pyridine rings is 1. The molecule has 0 aromatic carbocycles. The Morgan fingerprint density at radius 3 is 3.11 bits per heavy atom. The molecule has 1 fully saturated rings. The second-order valence-corrected chi connectivity index (χ2v) is 4.42. The minimum atomic E-state index is -0.336. The number of hydrogen-bond donors (Lipinski definition) is 2. The quantitative estimate of drug-likeness (QED) is 0.748. The predicted molar refractivity (Wildman–Crippen MR) is 66.4 cm³/mol. The van der Waals surface area contributed by atoms with Crippen molar-refractivity contribution in [1.82, 2.24) is 9.88 Å². The molecule has 0 radical (unpaired) electrons. The molecule has 2 heterocycles. The molecule has 1 aromatic rings. The number of carbonyl (C=O) groups excluding carboxylic acids is 1. The summed E-state index contributed by atoms with van der Waals surface area (Å²) in [5.41, 5.74) is 5.94. The Hall–Kier alpha value is -1.37. The van der Waals surface area contributed by atoms with Gasteiger partial charge in [0, 0.05) is 18.7 Å². The van der Waals surface area contributed by atoms with Gasteiger partial charge in [0.15, 0.2) is 0 Å². The summed E-state index contributed by atoms with van der Waals surface area (Å²) in [5.74, 6) is 0.0190. The van der Waals surface area contributed by atoms with Crippen LogP contribution in [0.5, 0.6) is 0 Å². The number of aliphatic hydroxyl groups is 1. The van der Waals surface area contributed by atoms with Gasteiger partial charge in [0.25, 0.3) is 5.91 Å². The van der Waals surface area contributed by atoms with Crippen molar-refractivity contribution in [2.45, 2.75) is 6.10 Å². The van der Waals surface area contributed by atoms with Crippen LogP contribution >= 0.6 is 11.6 Å². The number of hydrogen-bond acceptors (Lipinski definition) is 5. The number of anilines is 1. The summed E-state index contributed by atoms with van der Waals surface area (Å²) in [4.78, 5) is 17.6. The Bertz CT molecular complexity index is 435. The van der Waals surface area contributed by atoms with E-state index in [1.165, 1.54) is 12.1 Å². The largest absolute Gasteiger partial charge is 0.394 e. The summed E-state index contributed by atoms with van der Waals surface area (Å²) in [6.45, 7) is 1.14. The minimum Gasteiger partial charge on any atom is -0.394 e. The van der Waals surface area contributed by atoms with E-state index in [1.54, 1.807) is 4.90 Å². The first kappa shape index (κ1) is 13.1. The number of aromatic nitrogens is 1. The standard InChI is InChI=1S/C11H14ClN3O3/c12-9-3-7(4-10(13)14-9)11(17)15-1-2-18-8(5-15)6-16/h3-4,8,16H,1-2,5-6H2,(H2,13,14). The molecule has 7 heteroatoms. The molecule has 18 heavy (non-hydrogen) atoms. The fourth-order valence-electron chi connectivity index (χ4n) is 1.84.